The lowest BCUT2D eigenvalue weighted by molar-refractivity contribution is -0.143. The van der Waals surface area contributed by atoms with E-state index in [1.807, 2.05) is 11.0 Å². The van der Waals surface area contributed by atoms with Crippen LogP contribution in [0.2, 0.25) is 0 Å². The van der Waals surface area contributed by atoms with Crippen molar-refractivity contribution >= 4 is 21.9 Å². The van der Waals surface area contributed by atoms with E-state index >= 15 is 0 Å². The number of fused-ring (bicyclic) bond motifs is 1. The zero-order valence-corrected chi connectivity index (χ0v) is 21.8. The van der Waals surface area contributed by atoms with E-state index in [1.54, 1.807) is 17.0 Å². The lowest BCUT2D eigenvalue weighted by atomic mass is 9.84. The first-order chi connectivity index (χ1) is 17.1. The Balaban J connectivity index is 1.85. The lowest BCUT2D eigenvalue weighted by Gasteiger charge is -2.29. The van der Waals surface area contributed by atoms with Gasteiger partial charge in [0.1, 0.15) is 0 Å². The van der Waals surface area contributed by atoms with Crippen molar-refractivity contribution in [1.29, 1.82) is 0 Å². The van der Waals surface area contributed by atoms with E-state index in [9.17, 15) is 23.1 Å². The molecule has 2 heterocycles. The van der Waals surface area contributed by atoms with E-state index in [-0.39, 0.29) is 32.2 Å². The number of unbranched alkanes of at least 4 members (excludes halogenated alkanes) is 1. The van der Waals surface area contributed by atoms with Crippen molar-refractivity contribution in [2.24, 2.45) is 11.7 Å². The number of ether oxygens (including phenoxy) is 2. The van der Waals surface area contributed by atoms with E-state index in [0.717, 1.165) is 24.7 Å². The maximum absolute atomic E-state index is 13.3. The molecule has 1 fully saturated rings. The van der Waals surface area contributed by atoms with Crippen LogP contribution in [0.3, 0.4) is 0 Å². The fourth-order valence-corrected chi connectivity index (χ4v) is 5.48. The quantitative estimate of drug-likeness (QED) is 0.320. The van der Waals surface area contributed by atoms with Crippen LogP contribution in [0.25, 0.3) is 0 Å². The van der Waals surface area contributed by atoms with E-state index in [2.05, 4.69) is 11.6 Å². The predicted octanol–water partition coefficient (Wildman–Crippen LogP) is 0.801. The molecule has 36 heavy (non-hydrogen) atoms. The number of carboxylic acid groups (broad SMARTS) is 1. The van der Waals surface area contributed by atoms with Gasteiger partial charge in [0.05, 0.1) is 18.7 Å². The molecule has 0 spiro atoms. The van der Waals surface area contributed by atoms with Crippen molar-refractivity contribution in [3.8, 4) is 11.5 Å². The molecule has 2 aliphatic heterocycles. The highest BCUT2D eigenvalue weighted by Crippen LogP contribution is 2.42. The monoisotopic (exact) mass is 526 g/mol. The van der Waals surface area contributed by atoms with Gasteiger partial charge in [0.25, 0.3) is 0 Å². The topological polar surface area (TPSA) is 152 Å². The number of rotatable bonds is 14. The first-order valence-corrected chi connectivity index (χ1v) is 14.3. The summed E-state index contributed by atoms with van der Waals surface area (Å²) in [4.78, 5) is 29.5. The number of likely N-dealkylation sites (tertiary alicyclic amines) is 1. The number of hydrogen-bond donors (Lipinski definition) is 3. The first kappa shape index (κ1) is 28.2. The predicted molar refractivity (Wildman–Crippen MR) is 134 cm³/mol. The molecule has 1 aromatic carbocycles. The summed E-state index contributed by atoms with van der Waals surface area (Å²) in [6.07, 6.45) is 3.83. The first-order valence-electron chi connectivity index (χ1n) is 12.4. The Kier molecular flexibility index (Phi) is 9.94. The molecule has 1 saturated heterocycles. The van der Waals surface area contributed by atoms with Gasteiger partial charge in [0.15, 0.2) is 11.5 Å². The van der Waals surface area contributed by atoms with Gasteiger partial charge in [-0.2, -0.15) is 0 Å². The molecule has 2 aliphatic rings. The zero-order valence-electron chi connectivity index (χ0n) is 21.0. The summed E-state index contributed by atoms with van der Waals surface area (Å²) in [7, 11) is -3.43. The van der Waals surface area contributed by atoms with Gasteiger partial charge < -0.3 is 25.2 Å². The number of amides is 1. The fraction of sp³-hybridized carbons (Fsp3) is 0.667. The summed E-state index contributed by atoms with van der Waals surface area (Å²) in [6, 6.07) is 4.87. The van der Waals surface area contributed by atoms with Crippen LogP contribution in [0.1, 0.15) is 44.1 Å². The number of aliphatic carboxylic acids is 1. The van der Waals surface area contributed by atoms with E-state index in [4.69, 9.17) is 15.2 Å². The van der Waals surface area contributed by atoms with E-state index in [0.29, 0.717) is 44.1 Å². The van der Waals surface area contributed by atoms with Crippen LogP contribution >= 0.6 is 0 Å². The largest absolute Gasteiger partial charge is 0.481 e. The molecule has 0 unspecified atom stereocenters. The van der Waals surface area contributed by atoms with Gasteiger partial charge in [0.2, 0.25) is 22.7 Å². The average Bonchev–Trinajstić information content (AvgIpc) is 3.42. The third-order valence-electron chi connectivity index (χ3n) is 6.77. The molecule has 0 aliphatic carbocycles. The maximum atomic E-state index is 13.3. The smallest absolute Gasteiger partial charge is 0.308 e. The van der Waals surface area contributed by atoms with Gasteiger partial charge in [-0.05, 0) is 43.5 Å². The minimum atomic E-state index is -3.43. The Bertz CT molecular complexity index is 1010. The number of sulfonamides is 1. The summed E-state index contributed by atoms with van der Waals surface area (Å²) in [5, 5.41) is 10.2. The van der Waals surface area contributed by atoms with Crippen molar-refractivity contribution in [1.82, 2.24) is 14.5 Å². The number of nitrogens with zero attached hydrogens (tertiary/aromatic N) is 2. The molecule has 1 aromatic rings. The van der Waals surface area contributed by atoms with Crippen LogP contribution in [0.15, 0.2) is 18.2 Å². The Morgan fingerprint density at radius 1 is 1.22 bits per heavy atom. The van der Waals surface area contributed by atoms with Crippen molar-refractivity contribution in [2.75, 3.05) is 52.3 Å². The van der Waals surface area contributed by atoms with Gasteiger partial charge in [-0.1, -0.05) is 19.4 Å². The van der Waals surface area contributed by atoms with Gasteiger partial charge in [-0.15, -0.1) is 0 Å². The third kappa shape index (κ3) is 7.31. The molecule has 12 heteroatoms. The molecule has 202 valence electrons. The summed E-state index contributed by atoms with van der Waals surface area (Å²) in [6.45, 7) is 4.32. The van der Waals surface area contributed by atoms with Crippen molar-refractivity contribution in [2.45, 2.75) is 44.6 Å². The number of benzene rings is 1. The summed E-state index contributed by atoms with van der Waals surface area (Å²) in [5.41, 5.74) is 6.45. The maximum Gasteiger partial charge on any atom is 0.308 e. The number of nitrogens with two attached hydrogens (primary N) is 1. The van der Waals surface area contributed by atoms with Gasteiger partial charge in [-0.25, -0.2) is 13.1 Å². The number of carbonyl (C=O) groups excluding carboxylic acids is 1. The lowest BCUT2D eigenvalue weighted by Crippen LogP contribution is -2.45. The van der Waals surface area contributed by atoms with Gasteiger partial charge in [-0.3, -0.25) is 14.5 Å². The second-order valence-corrected chi connectivity index (χ2v) is 11.2. The van der Waals surface area contributed by atoms with Gasteiger partial charge in [0, 0.05) is 38.1 Å². The average molecular weight is 527 g/mol. The van der Waals surface area contributed by atoms with E-state index < -0.39 is 33.9 Å². The Hall–Kier alpha value is -2.41. The molecule has 0 bridgehead atoms. The second-order valence-electron chi connectivity index (χ2n) is 9.41. The number of hydrogen-bond acceptors (Lipinski definition) is 8. The normalized spacial score (nSPS) is 21.6. The summed E-state index contributed by atoms with van der Waals surface area (Å²) >= 11 is 0. The zero-order chi connectivity index (χ0) is 26.3. The highest BCUT2D eigenvalue weighted by Gasteiger charge is 2.47. The van der Waals surface area contributed by atoms with Gasteiger partial charge >= 0.3 is 5.97 Å². The summed E-state index contributed by atoms with van der Waals surface area (Å²) < 4.78 is 36.6. The number of carbonyl (C=O) groups is 2. The molecular formula is C24H38N4O7S. The van der Waals surface area contributed by atoms with Crippen LogP contribution < -0.4 is 19.9 Å². The van der Waals surface area contributed by atoms with E-state index in [1.165, 1.54) is 0 Å². The minimum absolute atomic E-state index is 0.0582. The molecule has 1 amide bonds. The molecule has 11 nitrogen and oxygen atoms in total. The molecule has 0 aromatic heterocycles. The van der Waals surface area contributed by atoms with Crippen LogP contribution in [0.4, 0.5) is 0 Å². The van der Waals surface area contributed by atoms with Crippen molar-refractivity contribution in [3.05, 3.63) is 23.8 Å². The highest BCUT2D eigenvalue weighted by molar-refractivity contribution is 7.88. The van der Waals surface area contributed by atoms with Crippen LogP contribution in [0.5, 0.6) is 11.5 Å². The number of carboxylic acids is 1. The second kappa shape index (κ2) is 12.7. The minimum Gasteiger partial charge on any atom is -0.481 e. The Morgan fingerprint density at radius 3 is 2.61 bits per heavy atom. The molecule has 0 saturated carbocycles. The molecular weight excluding hydrogens is 488 g/mol. The molecule has 0 radical (unpaired) electrons. The van der Waals surface area contributed by atoms with Crippen molar-refractivity contribution in [3.63, 3.8) is 0 Å². The number of nitrogens with one attached hydrogen (secondary N) is 1. The molecule has 3 atom stereocenters. The third-order valence-corrected chi connectivity index (χ3v) is 7.50. The summed E-state index contributed by atoms with van der Waals surface area (Å²) in [5.74, 6) is -1.12. The Labute approximate surface area is 213 Å². The van der Waals surface area contributed by atoms with Crippen LogP contribution in [-0.2, 0) is 19.6 Å². The Morgan fingerprint density at radius 2 is 1.94 bits per heavy atom. The van der Waals surface area contributed by atoms with Crippen molar-refractivity contribution < 1.29 is 32.6 Å². The molecule has 3 rings (SSSR count). The van der Waals surface area contributed by atoms with Crippen LogP contribution in [-0.4, -0.2) is 93.6 Å². The SMILES string of the molecule is CCCCN(CCCN)C(=O)CN1C[C@H](c2ccc3c(c2)OCO3)[C@@H](C(=O)O)[C@@H]1CCNS(C)(=O)=O. The fourth-order valence-electron chi connectivity index (χ4n) is 4.99. The highest BCUT2D eigenvalue weighted by atomic mass is 32.2. The molecule has 4 N–H and O–H groups in total. The van der Waals surface area contributed by atoms with Crippen LogP contribution in [0, 0.1) is 5.92 Å². The standard InChI is InChI=1S/C24H38N4O7S/c1-3-4-11-27(12-5-9-25)22(29)15-28-14-18(17-6-7-20-21(13-17)35-16-34-20)23(24(30)31)19(28)8-10-26-36(2,32)33/h6-7,13,18-19,23,26H,3-5,8-12,14-16,25H2,1-2H3,(H,30,31)/t18-,19+,23-/m1/s1.